The number of halogens is 2. The zero-order valence-electron chi connectivity index (χ0n) is 9.47. The van der Waals surface area contributed by atoms with Crippen LogP contribution in [-0.2, 0) is 4.84 Å². The van der Waals surface area contributed by atoms with Crippen molar-refractivity contribution in [3.8, 4) is 0 Å². The maximum atomic E-state index is 11.5. The van der Waals surface area contributed by atoms with Crippen molar-refractivity contribution >= 4 is 39.3 Å². The van der Waals surface area contributed by atoms with Gasteiger partial charge in [0.2, 0.25) is 5.76 Å². The van der Waals surface area contributed by atoms with E-state index in [0.717, 1.165) is 0 Å². The van der Waals surface area contributed by atoms with Gasteiger partial charge in [-0.3, -0.25) is 0 Å². The van der Waals surface area contributed by atoms with Crippen LogP contribution >= 0.6 is 27.5 Å². The van der Waals surface area contributed by atoms with Gasteiger partial charge in [-0.25, -0.2) is 4.79 Å². The Labute approximate surface area is 122 Å². The number of benzene rings is 1. The van der Waals surface area contributed by atoms with Gasteiger partial charge in [0.05, 0.1) is 5.02 Å². The Bertz CT molecular complexity index is 639. The molecule has 0 saturated carbocycles. The van der Waals surface area contributed by atoms with E-state index in [9.17, 15) is 4.79 Å². The largest absolute Gasteiger partial charge is 0.442 e. The molecule has 98 valence electrons. The molecule has 0 atom stereocenters. The molecule has 5 nitrogen and oxygen atoms in total. The van der Waals surface area contributed by atoms with E-state index in [1.807, 2.05) is 0 Å². The number of furan rings is 1. The summed E-state index contributed by atoms with van der Waals surface area (Å²) < 4.78 is 5.43. The summed E-state index contributed by atoms with van der Waals surface area (Å²) in [5.41, 5.74) is 6.16. The number of oxime groups is 1. The molecule has 7 heteroatoms. The van der Waals surface area contributed by atoms with Crippen LogP contribution in [0.25, 0.3) is 0 Å². The van der Waals surface area contributed by atoms with Crippen LogP contribution in [0.15, 0.2) is 50.6 Å². The number of carbonyl (C=O) groups excluding carboxylic acids is 1. The summed E-state index contributed by atoms with van der Waals surface area (Å²) >= 11 is 9.00. The Morgan fingerprint density at radius 1 is 1.32 bits per heavy atom. The number of hydrogen-bond donors (Lipinski definition) is 1. The second-order valence-corrected chi connectivity index (χ2v) is 4.63. The highest BCUT2D eigenvalue weighted by Crippen LogP contribution is 2.16. The lowest BCUT2D eigenvalue weighted by Crippen LogP contribution is -2.15. The van der Waals surface area contributed by atoms with Crippen LogP contribution in [0.1, 0.15) is 16.1 Å². The second-order valence-electron chi connectivity index (χ2n) is 3.44. The third-order valence-electron chi connectivity index (χ3n) is 2.15. The van der Waals surface area contributed by atoms with Gasteiger partial charge in [0, 0.05) is 5.56 Å². The van der Waals surface area contributed by atoms with Crippen LogP contribution in [0.3, 0.4) is 0 Å². The van der Waals surface area contributed by atoms with Crippen LogP contribution < -0.4 is 5.73 Å². The highest BCUT2D eigenvalue weighted by Gasteiger charge is 2.13. The van der Waals surface area contributed by atoms with Gasteiger partial charge < -0.3 is 15.0 Å². The molecule has 0 radical (unpaired) electrons. The quantitative estimate of drug-likeness (QED) is 0.402. The molecule has 1 heterocycles. The molecule has 2 aromatic rings. The van der Waals surface area contributed by atoms with Crippen molar-refractivity contribution < 1.29 is 14.0 Å². The summed E-state index contributed by atoms with van der Waals surface area (Å²) in [4.78, 5) is 16.2. The zero-order chi connectivity index (χ0) is 13.8. The highest BCUT2D eigenvalue weighted by atomic mass is 79.9. The predicted octanol–water partition coefficient (Wildman–Crippen LogP) is 3.17. The molecule has 0 aliphatic rings. The summed E-state index contributed by atoms with van der Waals surface area (Å²) in [5.74, 6) is -0.729. The van der Waals surface area contributed by atoms with E-state index in [1.54, 1.807) is 30.3 Å². The summed E-state index contributed by atoms with van der Waals surface area (Å²) in [5, 5.41) is 3.94. The van der Waals surface area contributed by atoms with Gasteiger partial charge in [0.15, 0.2) is 10.5 Å². The highest BCUT2D eigenvalue weighted by molar-refractivity contribution is 9.10. The standard InChI is InChI=1S/C12H8BrClN2O3/c13-10-6-5-9(18-10)12(17)19-16-11(15)7-3-1-2-4-8(7)14/h1-6H,(H2,15,16). The molecular weight excluding hydrogens is 336 g/mol. The maximum Gasteiger partial charge on any atom is 0.400 e. The van der Waals surface area contributed by atoms with Gasteiger partial charge in [-0.1, -0.05) is 28.9 Å². The average molecular weight is 344 g/mol. The molecule has 0 unspecified atom stereocenters. The number of hydrogen-bond acceptors (Lipinski definition) is 4. The molecule has 0 spiro atoms. The minimum absolute atomic E-state index is 0.00423. The van der Waals surface area contributed by atoms with Gasteiger partial charge in [-0.2, -0.15) is 0 Å². The lowest BCUT2D eigenvalue weighted by molar-refractivity contribution is 0.0478. The Kier molecular flexibility index (Phi) is 4.24. The fraction of sp³-hybridized carbons (Fsp3) is 0. The third-order valence-corrected chi connectivity index (χ3v) is 2.91. The number of carbonyl (C=O) groups is 1. The summed E-state index contributed by atoms with van der Waals surface area (Å²) in [7, 11) is 0. The molecule has 1 aromatic carbocycles. The van der Waals surface area contributed by atoms with Crippen molar-refractivity contribution in [1.82, 2.24) is 0 Å². The lowest BCUT2D eigenvalue weighted by atomic mass is 10.2. The molecule has 0 amide bonds. The van der Waals surface area contributed by atoms with E-state index in [4.69, 9.17) is 21.8 Å². The first-order chi connectivity index (χ1) is 9.08. The average Bonchev–Trinajstić information content (AvgIpc) is 2.83. The van der Waals surface area contributed by atoms with Gasteiger partial charge in [0.25, 0.3) is 0 Å². The first kappa shape index (κ1) is 13.6. The van der Waals surface area contributed by atoms with E-state index in [-0.39, 0.29) is 11.6 Å². The second kappa shape index (κ2) is 5.90. The Morgan fingerprint density at radius 2 is 2.05 bits per heavy atom. The van der Waals surface area contributed by atoms with Crippen molar-refractivity contribution in [3.63, 3.8) is 0 Å². The third kappa shape index (κ3) is 3.36. The predicted molar refractivity (Wildman–Crippen MR) is 74.0 cm³/mol. The van der Waals surface area contributed by atoms with Crippen LogP contribution in [0.2, 0.25) is 5.02 Å². The Hall–Kier alpha value is -1.79. The van der Waals surface area contributed by atoms with E-state index in [1.165, 1.54) is 6.07 Å². The molecule has 0 aliphatic carbocycles. The van der Waals surface area contributed by atoms with Gasteiger partial charge in [-0.05, 0) is 40.2 Å². The zero-order valence-corrected chi connectivity index (χ0v) is 11.8. The smallest absolute Gasteiger partial charge is 0.400 e. The first-order valence-corrected chi connectivity index (χ1v) is 6.30. The van der Waals surface area contributed by atoms with Gasteiger partial charge in [-0.15, -0.1) is 0 Å². The van der Waals surface area contributed by atoms with E-state index < -0.39 is 5.97 Å². The van der Waals surface area contributed by atoms with Crippen LogP contribution in [0.4, 0.5) is 0 Å². The molecule has 0 saturated heterocycles. The minimum Gasteiger partial charge on any atom is -0.442 e. The SMILES string of the molecule is N/C(=N/OC(=O)c1ccc(Br)o1)c1ccccc1Cl. The van der Waals surface area contributed by atoms with Crippen molar-refractivity contribution in [3.05, 3.63) is 57.4 Å². The van der Waals surface area contributed by atoms with E-state index >= 15 is 0 Å². The van der Waals surface area contributed by atoms with Crippen LogP contribution in [0, 0.1) is 0 Å². The maximum absolute atomic E-state index is 11.5. The van der Waals surface area contributed by atoms with Gasteiger partial charge in [0.1, 0.15) is 0 Å². The van der Waals surface area contributed by atoms with Crippen molar-refractivity contribution in [1.29, 1.82) is 0 Å². The molecule has 0 fully saturated rings. The van der Waals surface area contributed by atoms with Crippen LogP contribution in [0.5, 0.6) is 0 Å². The molecule has 0 bridgehead atoms. The molecule has 2 rings (SSSR count). The molecular formula is C12H8BrClN2O3. The fourth-order valence-electron chi connectivity index (χ4n) is 1.28. The Balaban J connectivity index is 2.11. The molecule has 2 N–H and O–H groups in total. The van der Waals surface area contributed by atoms with Crippen molar-refractivity contribution in [2.45, 2.75) is 0 Å². The van der Waals surface area contributed by atoms with E-state index in [2.05, 4.69) is 25.9 Å². The summed E-state index contributed by atoms with van der Waals surface area (Å²) in [6.07, 6.45) is 0. The minimum atomic E-state index is -0.749. The monoisotopic (exact) mass is 342 g/mol. The number of nitrogens with zero attached hydrogens (tertiary/aromatic N) is 1. The number of rotatable bonds is 3. The number of nitrogens with two attached hydrogens (primary N) is 1. The van der Waals surface area contributed by atoms with Crippen molar-refractivity contribution in [2.24, 2.45) is 10.9 Å². The van der Waals surface area contributed by atoms with Crippen molar-refractivity contribution in [2.75, 3.05) is 0 Å². The lowest BCUT2D eigenvalue weighted by Gasteiger charge is -2.02. The molecule has 19 heavy (non-hydrogen) atoms. The molecule has 0 aliphatic heterocycles. The normalized spacial score (nSPS) is 11.4. The molecule has 1 aromatic heterocycles. The van der Waals surface area contributed by atoms with Crippen LogP contribution in [-0.4, -0.2) is 11.8 Å². The van der Waals surface area contributed by atoms with E-state index in [0.29, 0.717) is 15.3 Å². The summed E-state index contributed by atoms with van der Waals surface area (Å²) in [6.45, 7) is 0. The number of amidine groups is 1. The first-order valence-electron chi connectivity index (χ1n) is 5.13. The topological polar surface area (TPSA) is 77.8 Å². The summed E-state index contributed by atoms with van der Waals surface area (Å²) in [6, 6.07) is 9.84. The van der Waals surface area contributed by atoms with Gasteiger partial charge >= 0.3 is 5.97 Å². The fourth-order valence-corrected chi connectivity index (χ4v) is 1.82. The Morgan fingerprint density at radius 3 is 2.68 bits per heavy atom.